The van der Waals surface area contributed by atoms with Crippen molar-refractivity contribution in [2.75, 3.05) is 39.3 Å². The quantitative estimate of drug-likeness (QED) is 0.870. The van der Waals surface area contributed by atoms with E-state index in [-0.39, 0.29) is 23.9 Å². The largest absolute Gasteiger partial charge is 0.336 e. The fourth-order valence-corrected chi connectivity index (χ4v) is 4.14. The number of hydrogen-bond acceptors (Lipinski definition) is 4. The van der Waals surface area contributed by atoms with Gasteiger partial charge in [0.15, 0.2) is 5.69 Å². The second-order valence-electron chi connectivity index (χ2n) is 8.79. The molecule has 3 fully saturated rings. The van der Waals surface area contributed by atoms with Crippen molar-refractivity contribution in [3.8, 4) is 0 Å². The van der Waals surface area contributed by atoms with Gasteiger partial charge in [-0.1, -0.05) is 0 Å². The van der Waals surface area contributed by atoms with Gasteiger partial charge >= 0.3 is 0 Å². The molecule has 0 bridgehead atoms. The standard InChI is InChI=1S/C19H31N5O.ClH/c1-19(2,3)24-17(14-4-5-14)12-16(21-24)18(25)23-9-6-15(13-23)22-10-7-20-8-11-22;/h12,14-15,20H,4-11,13H2,1-3H3;1H. The Morgan fingerprint density at radius 2 is 1.85 bits per heavy atom. The van der Waals surface area contributed by atoms with Gasteiger partial charge in [-0.2, -0.15) is 5.10 Å². The third-order valence-electron chi connectivity index (χ3n) is 5.71. The smallest absolute Gasteiger partial charge is 0.274 e. The summed E-state index contributed by atoms with van der Waals surface area (Å²) >= 11 is 0. The number of piperazine rings is 1. The zero-order valence-electron chi connectivity index (χ0n) is 16.2. The molecule has 3 heterocycles. The highest BCUT2D eigenvalue weighted by Gasteiger charge is 2.35. The van der Waals surface area contributed by atoms with Crippen LogP contribution in [0.3, 0.4) is 0 Å². The van der Waals surface area contributed by atoms with Gasteiger partial charge in [-0.05, 0) is 46.1 Å². The molecule has 1 unspecified atom stereocenters. The Bertz CT molecular complexity index is 643. The minimum Gasteiger partial charge on any atom is -0.336 e. The van der Waals surface area contributed by atoms with Crippen LogP contribution in [-0.2, 0) is 5.54 Å². The average molecular weight is 382 g/mol. The number of halogens is 1. The number of carbonyl (C=O) groups excluding carboxylic acids is 1. The first-order valence-electron chi connectivity index (χ1n) is 9.78. The third-order valence-corrected chi connectivity index (χ3v) is 5.71. The van der Waals surface area contributed by atoms with E-state index in [0.717, 1.165) is 45.7 Å². The van der Waals surface area contributed by atoms with Crippen LogP contribution in [0.2, 0.25) is 0 Å². The van der Waals surface area contributed by atoms with Crippen molar-refractivity contribution in [1.82, 2.24) is 24.9 Å². The molecule has 1 saturated carbocycles. The maximum absolute atomic E-state index is 13.0. The van der Waals surface area contributed by atoms with Crippen molar-refractivity contribution in [3.05, 3.63) is 17.5 Å². The van der Waals surface area contributed by atoms with Crippen LogP contribution in [0.15, 0.2) is 6.07 Å². The van der Waals surface area contributed by atoms with Crippen LogP contribution in [0.25, 0.3) is 0 Å². The SMILES string of the molecule is CC(C)(C)n1nc(C(=O)N2CCC(N3CCNCC3)C2)cc1C1CC1.Cl. The molecule has 0 radical (unpaired) electrons. The van der Waals surface area contributed by atoms with Gasteiger partial charge in [0, 0.05) is 56.9 Å². The Balaban J connectivity index is 0.00000196. The molecule has 0 aromatic carbocycles. The van der Waals surface area contributed by atoms with Gasteiger partial charge in [0.25, 0.3) is 5.91 Å². The number of aromatic nitrogens is 2. The van der Waals surface area contributed by atoms with E-state index >= 15 is 0 Å². The molecule has 6 nitrogen and oxygen atoms in total. The van der Waals surface area contributed by atoms with Crippen molar-refractivity contribution in [3.63, 3.8) is 0 Å². The number of carbonyl (C=O) groups is 1. The number of nitrogens with zero attached hydrogens (tertiary/aromatic N) is 4. The molecule has 1 aromatic rings. The fourth-order valence-electron chi connectivity index (χ4n) is 4.14. The fraction of sp³-hybridized carbons (Fsp3) is 0.789. The van der Waals surface area contributed by atoms with Crippen LogP contribution in [0.5, 0.6) is 0 Å². The summed E-state index contributed by atoms with van der Waals surface area (Å²) < 4.78 is 2.09. The minimum absolute atomic E-state index is 0. The number of rotatable bonds is 3. The van der Waals surface area contributed by atoms with Gasteiger partial charge in [-0.25, -0.2) is 0 Å². The molecule has 0 spiro atoms. The number of amides is 1. The lowest BCUT2D eigenvalue weighted by molar-refractivity contribution is 0.0766. The van der Waals surface area contributed by atoms with Gasteiger partial charge < -0.3 is 10.2 Å². The maximum Gasteiger partial charge on any atom is 0.274 e. The second-order valence-corrected chi connectivity index (χ2v) is 8.79. The Labute approximate surface area is 162 Å². The van der Waals surface area contributed by atoms with Crippen LogP contribution < -0.4 is 5.32 Å². The molecule has 1 N–H and O–H groups in total. The Kier molecular flexibility index (Phi) is 5.66. The average Bonchev–Trinajstić information content (AvgIpc) is 3.14. The molecule has 26 heavy (non-hydrogen) atoms. The van der Waals surface area contributed by atoms with Crippen molar-refractivity contribution >= 4 is 18.3 Å². The van der Waals surface area contributed by atoms with E-state index in [1.165, 1.54) is 18.5 Å². The molecular weight excluding hydrogens is 350 g/mol. The Morgan fingerprint density at radius 3 is 2.46 bits per heavy atom. The van der Waals surface area contributed by atoms with Crippen LogP contribution in [0.4, 0.5) is 0 Å². The molecular formula is C19H32ClN5O. The van der Waals surface area contributed by atoms with Gasteiger partial charge in [-0.3, -0.25) is 14.4 Å². The lowest BCUT2D eigenvalue weighted by Gasteiger charge is -2.32. The molecule has 7 heteroatoms. The summed E-state index contributed by atoms with van der Waals surface area (Å²) in [5, 5.41) is 8.13. The summed E-state index contributed by atoms with van der Waals surface area (Å²) in [5.74, 6) is 0.711. The van der Waals surface area contributed by atoms with Crippen LogP contribution >= 0.6 is 12.4 Å². The van der Waals surface area contributed by atoms with Gasteiger partial charge in [-0.15, -0.1) is 12.4 Å². The van der Waals surface area contributed by atoms with Crippen LogP contribution in [-0.4, -0.2) is 70.8 Å². The summed E-state index contributed by atoms with van der Waals surface area (Å²) in [6.45, 7) is 12.5. The zero-order chi connectivity index (χ0) is 17.6. The molecule has 146 valence electrons. The van der Waals surface area contributed by atoms with Crippen LogP contribution in [0, 0.1) is 0 Å². The zero-order valence-corrected chi connectivity index (χ0v) is 17.0. The van der Waals surface area contributed by atoms with Crippen molar-refractivity contribution in [2.45, 2.75) is 57.5 Å². The summed E-state index contributed by atoms with van der Waals surface area (Å²) in [6.07, 6.45) is 3.54. The lowest BCUT2D eigenvalue weighted by Crippen LogP contribution is -2.49. The van der Waals surface area contributed by atoms with Crippen molar-refractivity contribution in [2.24, 2.45) is 0 Å². The number of hydrogen-bond donors (Lipinski definition) is 1. The highest BCUT2D eigenvalue weighted by atomic mass is 35.5. The van der Waals surface area contributed by atoms with E-state index in [4.69, 9.17) is 5.10 Å². The molecule has 1 aliphatic carbocycles. The normalized spacial score (nSPS) is 24.6. The van der Waals surface area contributed by atoms with E-state index in [9.17, 15) is 4.79 Å². The monoisotopic (exact) mass is 381 g/mol. The topological polar surface area (TPSA) is 53.4 Å². The van der Waals surface area contributed by atoms with Gasteiger partial charge in [0.05, 0.1) is 5.54 Å². The number of likely N-dealkylation sites (tertiary alicyclic amines) is 1. The van der Waals surface area contributed by atoms with E-state index in [2.05, 4.69) is 41.7 Å². The molecule has 1 aromatic heterocycles. The molecule has 2 saturated heterocycles. The predicted molar refractivity (Wildman–Crippen MR) is 105 cm³/mol. The molecule has 3 aliphatic rings. The summed E-state index contributed by atoms with van der Waals surface area (Å²) in [6, 6.07) is 2.57. The lowest BCUT2D eigenvalue weighted by atomic mass is 10.1. The van der Waals surface area contributed by atoms with E-state index in [1.807, 2.05) is 4.90 Å². The maximum atomic E-state index is 13.0. The van der Waals surface area contributed by atoms with Crippen molar-refractivity contribution in [1.29, 1.82) is 0 Å². The second kappa shape index (κ2) is 7.49. The Hall–Kier alpha value is -1.11. The predicted octanol–water partition coefficient (Wildman–Crippen LogP) is 2.06. The van der Waals surface area contributed by atoms with E-state index < -0.39 is 0 Å². The molecule has 1 atom stereocenters. The van der Waals surface area contributed by atoms with Crippen molar-refractivity contribution < 1.29 is 4.79 Å². The van der Waals surface area contributed by atoms with Gasteiger partial charge in [0.2, 0.25) is 0 Å². The summed E-state index contributed by atoms with van der Waals surface area (Å²) in [7, 11) is 0. The summed E-state index contributed by atoms with van der Waals surface area (Å²) in [5.41, 5.74) is 1.80. The van der Waals surface area contributed by atoms with E-state index in [1.54, 1.807) is 0 Å². The summed E-state index contributed by atoms with van der Waals surface area (Å²) in [4.78, 5) is 17.6. The first-order chi connectivity index (χ1) is 11.9. The third kappa shape index (κ3) is 3.92. The molecule has 2 aliphatic heterocycles. The first-order valence-corrected chi connectivity index (χ1v) is 9.78. The highest BCUT2D eigenvalue weighted by Crippen LogP contribution is 2.41. The molecule has 1 amide bonds. The van der Waals surface area contributed by atoms with Crippen LogP contribution in [0.1, 0.15) is 62.1 Å². The minimum atomic E-state index is -0.0786. The van der Waals surface area contributed by atoms with E-state index in [0.29, 0.717) is 17.7 Å². The highest BCUT2D eigenvalue weighted by molar-refractivity contribution is 5.92. The molecule has 4 rings (SSSR count). The first kappa shape index (κ1) is 19.6. The Morgan fingerprint density at radius 1 is 1.15 bits per heavy atom. The van der Waals surface area contributed by atoms with Gasteiger partial charge in [0.1, 0.15) is 0 Å². The number of nitrogens with one attached hydrogen (secondary N) is 1.